The maximum absolute atomic E-state index is 9.98. The second-order valence-electron chi connectivity index (χ2n) is 5.00. The normalized spacial score (nSPS) is 19.5. The summed E-state index contributed by atoms with van der Waals surface area (Å²) in [5.41, 5.74) is 1.13. The third-order valence-electron chi connectivity index (χ3n) is 3.24. The minimum absolute atomic E-state index is 0.277. The van der Waals surface area contributed by atoms with E-state index in [9.17, 15) is 5.11 Å². The molecule has 0 amide bonds. The molecule has 4 heteroatoms. The first-order chi connectivity index (χ1) is 8.13. The Morgan fingerprint density at radius 3 is 2.88 bits per heavy atom. The smallest absolute Gasteiger partial charge is 0.186 e. The summed E-state index contributed by atoms with van der Waals surface area (Å²) in [6.45, 7) is 7.64. The maximum Gasteiger partial charge on any atom is 0.186 e. The van der Waals surface area contributed by atoms with Gasteiger partial charge >= 0.3 is 0 Å². The number of anilines is 1. The van der Waals surface area contributed by atoms with E-state index in [-0.39, 0.29) is 6.10 Å². The molecule has 1 N–H and O–H groups in total. The van der Waals surface area contributed by atoms with Gasteiger partial charge < -0.3 is 10.0 Å². The lowest BCUT2D eigenvalue weighted by molar-refractivity contribution is 0.160. The van der Waals surface area contributed by atoms with Gasteiger partial charge in [-0.15, -0.1) is 0 Å². The van der Waals surface area contributed by atoms with E-state index in [0.29, 0.717) is 6.04 Å². The van der Waals surface area contributed by atoms with Crippen molar-refractivity contribution >= 4 is 16.5 Å². The number of hydrogen-bond acceptors (Lipinski definition) is 4. The molecule has 17 heavy (non-hydrogen) atoms. The molecule has 3 nitrogen and oxygen atoms in total. The average molecular weight is 254 g/mol. The van der Waals surface area contributed by atoms with Gasteiger partial charge in [0.1, 0.15) is 0 Å². The molecule has 0 saturated heterocycles. The highest BCUT2D eigenvalue weighted by atomic mass is 32.1. The van der Waals surface area contributed by atoms with Gasteiger partial charge in [-0.05, 0) is 39.5 Å². The van der Waals surface area contributed by atoms with Gasteiger partial charge in [-0.3, -0.25) is 0 Å². The fourth-order valence-corrected chi connectivity index (χ4v) is 3.61. The lowest BCUT2D eigenvalue weighted by Gasteiger charge is -2.25. The number of aromatic nitrogens is 1. The standard InChI is InChI=1S/C13H22N2OS/c1-4-8-15(9(2)3)13-14-10-6-5-7-11(16)12(10)17-13/h9,11,16H,4-8H2,1-3H3. The molecule has 0 saturated carbocycles. The molecule has 96 valence electrons. The number of aliphatic hydroxyl groups is 1. The summed E-state index contributed by atoms with van der Waals surface area (Å²) in [4.78, 5) is 8.17. The van der Waals surface area contributed by atoms with E-state index >= 15 is 0 Å². The van der Waals surface area contributed by atoms with Crippen LogP contribution in [0.25, 0.3) is 0 Å². The second kappa shape index (κ2) is 5.36. The molecule has 0 bridgehead atoms. The number of fused-ring (bicyclic) bond motifs is 1. The van der Waals surface area contributed by atoms with Crippen LogP contribution in [-0.2, 0) is 6.42 Å². The molecule has 0 spiro atoms. The highest BCUT2D eigenvalue weighted by molar-refractivity contribution is 7.15. The van der Waals surface area contributed by atoms with E-state index < -0.39 is 0 Å². The summed E-state index contributed by atoms with van der Waals surface area (Å²) >= 11 is 1.68. The fraction of sp³-hybridized carbons (Fsp3) is 0.769. The Bertz CT molecular complexity index is 375. The van der Waals surface area contributed by atoms with Crippen LogP contribution in [0.15, 0.2) is 0 Å². The van der Waals surface area contributed by atoms with E-state index in [2.05, 4.69) is 25.7 Å². The van der Waals surface area contributed by atoms with Crippen molar-refractivity contribution in [2.75, 3.05) is 11.4 Å². The van der Waals surface area contributed by atoms with Gasteiger partial charge in [0.05, 0.1) is 16.7 Å². The molecule has 2 rings (SSSR count). The zero-order chi connectivity index (χ0) is 12.4. The Kier molecular flexibility index (Phi) is 4.05. The number of hydrogen-bond donors (Lipinski definition) is 1. The fourth-order valence-electron chi connectivity index (χ4n) is 2.32. The molecule has 0 fully saturated rings. The first kappa shape index (κ1) is 12.8. The van der Waals surface area contributed by atoms with Crippen LogP contribution < -0.4 is 4.90 Å². The number of rotatable bonds is 4. The topological polar surface area (TPSA) is 36.4 Å². The molecule has 1 atom stereocenters. The molecular weight excluding hydrogens is 232 g/mol. The predicted molar refractivity (Wildman–Crippen MR) is 72.8 cm³/mol. The quantitative estimate of drug-likeness (QED) is 0.896. The number of aryl methyl sites for hydroxylation is 1. The lowest BCUT2D eigenvalue weighted by atomic mass is 10.0. The molecule has 1 unspecified atom stereocenters. The molecule has 1 aliphatic carbocycles. The van der Waals surface area contributed by atoms with Crippen molar-refractivity contribution in [3.8, 4) is 0 Å². The molecule has 0 aromatic carbocycles. The summed E-state index contributed by atoms with van der Waals surface area (Å²) in [6.07, 6.45) is 3.84. The van der Waals surface area contributed by atoms with Crippen LogP contribution in [0.2, 0.25) is 0 Å². The van der Waals surface area contributed by atoms with Crippen molar-refractivity contribution in [3.05, 3.63) is 10.6 Å². The van der Waals surface area contributed by atoms with E-state index in [0.717, 1.165) is 47.9 Å². The summed E-state index contributed by atoms with van der Waals surface area (Å²) < 4.78 is 0. The van der Waals surface area contributed by atoms with Crippen LogP contribution in [0, 0.1) is 0 Å². The molecule has 1 aromatic rings. The average Bonchev–Trinajstić information content (AvgIpc) is 2.70. The zero-order valence-electron chi connectivity index (χ0n) is 10.9. The van der Waals surface area contributed by atoms with Crippen molar-refractivity contribution in [3.63, 3.8) is 0 Å². The summed E-state index contributed by atoms with van der Waals surface area (Å²) in [5, 5.41) is 11.1. The predicted octanol–water partition coefficient (Wildman–Crippen LogP) is 3.14. The van der Waals surface area contributed by atoms with E-state index in [1.807, 2.05) is 0 Å². The Labute approximate surface area is 107 Å². The minimum Gasteiger partial charge on any atom is -0.388 e. The van der Waals surface area contributed by atoms with Gasteiger partial charge in [0, 0.05) is 12.6 Å². The molecule has 0 aliphatic heterocycles. The summed E-state index contributed by atoms with van der Waals surface area (Å²) in [7, 11) is 0. The zero-order valence-corrected chi connectivity index (χ0v) is 11.8. The van der Waals surface area contributed by atoms with Crippen molar-refractivity contribution in [2.45, 2.75) is 58.6 Å². The number of aliphatic hydroxyl groups excluding tert-OH is 1. The number of nitrogens with zero attached hydrogens (tertiary/aromatic N) is 2. The molecule has 1 heterocycles. The second-order valence-corrected chi connectivity index (χ2v) is 6.01. The van der Waals surface area contributed by atoms with E-state index in [4.69, 9.17) is 4.98 Å². The Morgan fingerprint density at radius 2 is 2.29 bits per heavy atom. The van der Waals surface area contributed by atoms with Crippen molar-refractivity contribution in [2.24, 2.45) is 0 Å². The van der Waals surface area contributed by atoms with Gasteiger partial charge in [-0.25, -0.2) is 4.98 Å². The van der Waals surface area contributed by atoms with Gasteiger partial charge in [-0.1, -0.05) is 18.3 Å². The minimum atomic E-state index is -0.277. The Morgan fingerprint density at radius 1 is 1.53 bits per heavy atom. The van der Waals surface area contributed by atoms with Crippen LogP contribution in [0.1, 0.15) is 56.7 Å². The Hall–Kier alpha value is -0.610. The third kappa shape index (κ3) is 2.63. The third-order valence-corrected chi connectivity index (χ3v) is 4.48. The SMILES string of the molecule is CCCN(c1nc2c(s1)C(O)CCC2)C(C)C. The van der Waals surface area contributed by atoms with Crippen LogP contribution in [0.4, 0.5) is 5.13 Å². The van der Waals surface area contributed by atoms with Crippen molar-refractivity contribution < 1.29 is 5.11 Å². The van der Waals surface area contributed by atoms with E-state index in [1.54, 1.807) is 11.3 Å². The Balaban J connectivity index is 2.26. The van der Waals surface area contributed by atoms with Gasteiger partial charge in [0.25, 0.3) is 0 Å². The summed E-state index contributed by atoms with van der Waals surface area (Å²) in [5.74, 6) is 0. The largest absolute Gasteiger partial charge is 0.388 e. The maximum atomic E-state index is 9.98. The number of thiazole rings is 1. The van der Waals surface area contributed by atoms with Crippen LogP contribution in [0.5, 0.6) is 0 Å². The molecular formula is C13H22N2OS. The summed E-state index contributed by atoms with van der Waals surface area (Å²) in [6, 6.07) is 0.472. The van der Waals surface area contributed by atoms with E-state index in [1.165, 1.54) is 0 Å². The lowest BCUT2D eigenvalue weighted by Crippen LogP contribution is -2.31. The van der Waals surface area contributed by atoms with Gasteiger partial charge in [0.15, 0.2) is 5.13 Å². The van der Waals surface area contributed by atoms with Crippen LogP contribution in [-0.4, -0.2) is 22.7 Å². The molecule has 1 aromatic heterocycles. The monoisotopic (exact) mass is 254 g/mol. The molecule has 0 radical (unpaired) electrons. The highest BCUT2D eigenvalue weighted by Gasteiger charge is 2.25. The molecule has 1 aliphatic rings. The van der Waals surface area contributed by atoms with Gasteiger partial charge in [-0.2, -0.15) is 0 Å². The van der Waals surface area contributed by atoms with Gasteiger partial charge in [0.2, 0.25) is 0 Å². The first-order valence-corrected chi connectivity index (χ1v) is 7.39. The van der Waals surface area contributed by atoms with Crippen molar-refractivity contribution in [1.82, 2.24) is 4.98 Å². The van der Waals surface area contributed by atoms with Crippen molar-refractivity contribution in [1.29, 1.82) is 0 Å². The van der Waals surface area contributed by atoms with Crippen LogP contribution in [0.3, 0.4) is 0 Å². The van der Waals surface area contributed by atoms with Crippen LogP contribution >= 0.6 is 11.3 Å². The first-order valence-electron chi connectivity index (χ1n) is 6.57. The highest BCUT2D eigenvalue weighted by Crippen LogP contribution is 2.37.